The Balaban J connectivity index is 2.68. The van der Waals surface area contributed by atoms with Crippen LogP contribution in [0.25, 0.3) is 0 Å². The minimum atomic E-state index is -1.50. The van der Waals surface area contributed by atoms with Gasteiger partial charge in [-0.25, -0.2) is 0 Å². The number of ketones is 1. The summed E-state index contributed by atoms with van der Waals surface area (Å²) in [5, 5.41) is 0. The molecule has 1 fully saturated rings. The molecule has 1 saturated heterocycles. The molecule has 0 saturated carbocycles. The second-order valence-corrected chi connectivity index (χ2v) is 5.34. The summed E-state index contributed by atoms with van der Waals surface area (Å²) in [7, 11) is 0. The molecule has 0 spiro atoms. The Bertz CT molecular complexity index is 298. The smallest absolute Gasteiger partial charge is 0.245 e. The molecule has 1 amide bonds. The number of hydrogen-bond donors (Lipinski definition) is 2. The third-order valence-electron chi connectivity index (χ3n) is 3.23. The second-order valence-electron chi connectivity index (χ2n) is 5.34. The van der Waals surface area contributed by atoms with Crippen LogP contribution in [0.5, 0.6) is 0 Å². The minimum Gasteiger partial charge on any atom is -0.368 e. The number of hydrogen-bond acceptors (Lipinski definition) is 4. The van der Waals surface area contributed by atoms with Gasteiger partial charge in [0, 0.05) is 0 Å². The van der Waals surface area contributed by atoms with Crippen molar-refractivity contribution in [3.8, 4) is 0 Å². The van der Waals surface area contributed by atoms with Crippen molar-refractivity contribution in [2.24, 2.45) is 17.4 Å². The molecule has 0 aromatic heterocycles. The van der Waals surface area contributed by atoms with Gasteiger partial charge in [-0.3, -0.25) is 14.5 Å². The van der Waals surface area contributed by atoms with Crippen LogP contribution in [0.2, 0.25) is 0 Å². The van der Waals surface area contributed by atoms with Crippen molar-refractivity contribution in [2.75, 3.05) is 19.6 Å². The van der Waals surface area contributed by atoms with Gasteiger partial charge in [0.1, 0.15) is 0 Å². The van der Waals surface area contributed by atoms with Gasteiger partial charge in [-0.05, 0) is 38.3 Å². The van der Waals surface area contributed by atoms with E-state index in [9.17, 15) is 9.59 Å². The van der Waals surface area contributed by atoms with E-state index in [1.165, 1.54) is 0 Å². The monoisotopic (exact) mass is 241 g/mol. The predicted molar refractivity (Wildman–Crippen MR) is 66.2 cm³/mol. The van der Waals surface area contributed by atoms with E-state index in [0.717, 1.165) is 25.9 Å². The fraction of sp³-hybridized carbons (Fsp3) is 0.833. The molecule has 1 aliphatic heterocycles. The van der Waals surface area contributed by atoms with Gasteiger partial charge >= 0.3 is 0 Å². The average molecular weight is 241 g/mol. The molecule has 0 aromatic carbocycles. The van der Waals surface area contributed by atoms with Crippen LogP contribution in [0.1, 0.15) is 33.1 Å². The first-order valence-corrected chi connectivity index (χ1v) is 6.20. The molecule has 0 radical (unpaired) electrons. The molecular weight excluding hydrogens is 218 g/mol. The van der Waals surface area contributed by atoms with Crippen LogP contribution in [0.15, 0.2) is 0 Å². The lowest BCUT2D eigenvalue weighted by molar-refractivity contribution is -0.135. The zero-order valence-electron chi connectivity index (χ0n) is 10.7. The number of carbonyl (C=O) groups excluding carboxylic acids is 2. The molecule has 0 aliphatic carbocycles. The summed E-state index contributed by atoms with van der Waals surface area (Å²) in [6.07, 6.45) is 2.52. The highest BCUT2D eigenvalue weighted by Crippen LogP contribution is 2.17. The fourth-order valence-electron chi connectivity index (χ4n) is 2.28. The van der Waals surface area contributed by atoms with Gasteiger partial charge < -0.3 is 11.5 Å². The van der Waals surface area contributed by atoms with Gasteiger partial charge in [0.15, 0.2) is 11.3 Å². The normalized spacial score (nSPS) is 20.5. The van der Waals surface area contributed by atoms with Crippen molar-refractivity contribution in [1.82, 2.24) is 4.90 Å². The highest BCUT2D eigenvalue weighted by molar-refractivity contribution is 6.10. The van der Waals surface area contributed by atoms with E-state index in [0.29, 0.717) is 6.42 Å². The van der Waals surface area contributed by atoms with Gasteiger partial charge in [-0.15, -0.1) is 0 Å². The number of amides is 1. The maximum atomic E-state index is 12.1. The van der Waals surface area contributed by atoms with Gasteiger partial charge in [-0.2, -0.15) is 0 Å². The van der Waals surface area contributed by atoms with Crippen molar-refractivity contribution >= 4 is 11.7 Å². The van der Waals surface area contributed by atoms with E-state index < -0.39 is 11.4 Å². The molecule has 1 atom stereocenters. The van der Waals surface area contributed by atoms with Crippen molar-refractivity contribution < 1.29 is 9.59 Å². The van der Waals surface area contributed by atoms with Gasteiger partial charge in [0.2, 0.25) is 5.91 Å². The molecule has 1 heterocycles. The Kier molecular flexibility index (Phi) is 4.65. The molecule has 1 rings (SSSR count). The Morgan fingerprint density at radius 3 is 2.24 bits per heavy atom. The van der Waals surface area contributed by atoms with Crippen LogP contribution in [0.3, 0.4) is 0 Å². The summed E-state index contributed by atoms with van der Waals surface area (Å²) >= 11 is 0. The minimum absolute atomic E-state index is 0.162. The first kappa shape index (κ1) is 14.1. The molecule has 0 bridgehead atoms. The van der Waals surface area contributed by atoms with Crippen LogP contribution in [0, 0.1) is 5.92 Å². The van der Waals surface area contributed by atoms with E-state index in [4.69, 9.17) is 11.5 Å². The maximum absolute atomic E-state index is 12.1. The summed E-state index contributed by atoms with van der Waals surface area (Å²) in [6, 6.07) is 0. The number of rotatable bonds is 6. The standard InChI is InChI=1S/C12H23N3O2/c1-9(2)7-12(14,11(13)17)10(16)8-15-5-3-4-6-15/h9H,3-8,14H2,1-2H3,(H2,13,17)/t12-/m1/s1. The van der Waals surface area contributed by atoms with Crippen LogP contribution in [-0.2, 0) is 9.59 Å². The number of nitrogens with two attached hydrogens (primary N) is 2. The zero-order valence-corrected chi connectivity index (χ0v) is 10.7. The van der Waals surface area contributed by atoms with Crippen molar-refractivity contribution in [1.29, 1.82) is 0 Å². The van der Waals surface area contributed by atoms with E-state index in [2.05, 4.69) is 0 Å². The maximum Gasteiger partial charge on any atom is 0.245 e. The molecule has 1 aliphatic rings. The lowest BCUT2D eigenvalue weighted by atomic mass is 9.85. The number of nitrogens with zero attached hydrogens (tertiary/aromatic N) is 1. The second kappa shape index (κ2) is 5.60. The predicted octanol–water partition coefficient (Wildman–Crippen LogP) is -0.120. The average Bonchev–Trinajstić information content (AvgIpc) is 2.68. The molecule has 17 heavy (non-hydrogen) atoms. The molecule has 5 heteroatoms. The first-order chi connectivity index (χ1) is 7.86. The first-order valence-electron chi connectivity index (χ1n) is 6.20. The Hall–Kier alpha value is -0.940. The zero-order chi connectivity index (χ0) is 13.1. The SMILES string of the molecule is CC(C)C[C@](N)(C(N)=O)C(=O)CN1CCCC1. The van der Waals surface area contributed by atoms with E-state index in [1.54, 1.807) is 0 Å². The quantitative estimate of drug-likeness (QED) is 0.634. The largest absolute Gasteiger partial charge is 0.368 e. The summed E-state index contributed by atoms with van der Waals surface area (Å²) in [4.78, 5) is 25.6. The van der Waals surface area contributed by atoms with Crippen LogP contribution >= 0.6 is 0 Å². The third kappa shape index (κ3) is 3.51. The number of Topliss-reactive ketones (excluding diaryl/α,β-unsaturated/α-hetero) is 1. The highest BCUT2D eigenvalue weighted by atomic mass is 16.2. The summed E-state index contributed by atoms with van der Waals surface area (Å²) in [6.45, 7) is 5.90. The van der Waals surface area contributed by atoms with Crippen LogP contribution in [-0.4, -0.2) is 41.8 Å². The number of primary amides is 1. The topological polar surface area (TPSA) is 89.4 Å². The number of likely N-dealkylation sites (tertiary alicyclic amines) is 1. The van der Waals surface area contributed by atoms with Gasteiger partial charge in [0.25, 0.3) is 0 Å². The molecule has 4 N–H and O–H groups in total. The van der Waals surface area contributed by atoms with Crippen LogP contribution in [0.4, 0.5) is 0 Å². The molecule has 0 aromatic rings. The third-order valence-corrected chi connectivity index (χ3v) is 3.23. The molecule has 0 unspecified atom stereocenters. The van der Waals surface area contributed by atoms with E-state index in [1.807, 2.05) is 18.7 Å². The van der Waals surface area contributed by atoms with Crippen molar-refractivity contribution in [3.63, 3.8) is 0 Å². The molecule has 5 nitrogen and oxygen atoms in total. The summed E-state index contributed by atoms with van der Waals surface area (Å²) in [5.41, 5.74) is 9.70. The van der Waals surface area contributed by atoms with E-state index >= 15 is 0 Å². The van der Waals surface area contributed by atoms with Gasteiger partial charge in [-0.1, -0.05) is 13.8 Å². The van der Waals surface area contributed by atoms with Crippen molar-refractivity contribution in [3.05, 3.63) is 0 Å². The summed E-state index contributed by atoms with van der Waals surface area (Å²) < 4.78 is 0. The lowest BCUT2D eigenvalue weighted by Gasteiger charge is -2.28. The fourth-order valence-corrected chi connectivity index (χ4v) is 2.28. The highest BCUT2D eigenvalue weighted by Gasteiger charge is 2.41. The summed E-state index contributed by atoms with van der Waals surface area (Å²) in [5.74, 6) is -0.800. The molecule has 98 valence electrons. The Labute approximate surface area is 103 Å². The molecular formula is C12H23N3O2. The Morgan fingerprint density at radius 1 is 1.29 bits per heavy atom. The van der Waals surface area contributed by atoms with Crippen molar-refractivity contribution in [2.45, 2.75) is 38.6 Å². The number of carbonyl (C=O) groups is 2. The van der Waals surface area contributed by atoms with Crippen LogP contribution < -0.4 is 11.5 Å². The van der Waals surface area contributed by atoms with E-state index in [-0.39, 0.29) is 18.2 Å². The Morgan fingerprint density at radius 2 is 1.82 bits per heavy atom. The lowest BCUT2D eigenvalue weighted by Crippen LogP contribution is -2.61. The van der Waals surface area contributed by atoms with Gasteiger partial charge in [0.05, 0.1) is 6.54 Å².